The Kier molecular flexibility index (Phi) is 7.04. The average Bonchev–Trinajstić information content (AvgIpc) is 2.26. The molecule has 100 valence electrons. The van der Waals surface area contributed by atoms with Crippen molar-refractivity contribution in [3.63, 3.8) is 0 Å². The van der Waals surface area contributed by atoms with Crippen molar-refractivity contribution in [1.82, 2.24) is 0 Å². The quantitative estimate of drug-likeness (QED) is 0.501. The fourth-order valence-corrected chi connectivity index (χ4v) is 1.26. The van der Waals surface area contributed by atoms with Crippen LogP contribution in [-0.4, -0.2) is 47.9 Å². The van der Waals surface area contributed by atoms with E-state index in [0.717, 1.165) is 0 Å². The van der Waals surface area contributed by atoms with Crippen LogP contribution in [0.4, 0.5) is 9.59 Å². The summed E-state index contributed by atoms with van der Waals surface area (Å²) < 4.78 is 14.2. The molecular weight excluding hydrogens is 232 g/mol. The number of carbonyl (C=O) groups is 2. The molecule has 0 atom stereocenters. The second-order valence-corrected chi connectivity index (χ2v) is 3.43. The number of hydrogen-bond acceptors (Lipinski definition) is 5. The lowest BCUT2D eigenvalue weighted by molar-refractivity contribution is -0.0812. The van der Waals surface area contributed by atoms with E-state index in [1.807, 2.05) is 0 Å². The minimum Gasteiger partial charge on any atom is -0.450 e. The molecule has 0 saturated carbocycles. The molecule has 0 heterocycles. The van der Waals surface area contributed by atoms with E-state index in [-0.39, 0.29) is 19.8 Å². The Balaban J connectivity index is 4.00. The van der Waals surface area contributed by atoms with E-state index < -0.39 is 17.9 Å². The van der Waals surface area contributed by atoms with E-state index in [4.69, 9.17) is 19.7 Å². The molecule has 0 aromatic heterocycles. The van der Waals surface area contributed by atoms with Gasteiger partial charge < -0.3 is 24.4 Å². The minimum atomic E-state index is -1.37. The Labute approximate surface area is 99.3 Å². The molecule has 0 aliphatic carbocycles. The maximum atomic E-state index is 10.5. The zero-order chi connectivity index (χ0) is 13.3. The topological polar surface area (TPSA) is 102 Å². The third-order valence-corrected chi connectivity index (χ3v) is 2.41. The van der Waals surface area contributed by atoms with Crippen LogP contribution in [0.15, 0.2) is 0 Å². The average molecular weight is 250 g/mol. The highest BCUT2D eigenvalue weighted by Gasteiger charge is 2.31. The molecule has 0 aromatic rings. The molecule has 7 nitrogen and oxygen atoms in total. The molecule has 2 N–H and O–H groups in total. The van der Waals surface area contributed by atoms with Gasteiger partial charge in [0.15, 0.2) is 0 Å². The van der Waals surface area contributed by atoms with Crippen molar-refractivity contribution in [2.75, 3.05) is 19.8 Å². The van der Waals surface area contributed by atoms with Crippen molar-refractivity contribution in [2.45, 2.75) is 32.3 Å². The van der Waals surface area contributed by atoms with Crippen molar-refractivity contribution in [3.8, 4) is 0 Å². The summed E-state index contributed by atoms with van der Waals surface area (Å²) in [6, 6.07) is 0. The van der Waals surface area contributed by atoms with Crippen LogP contribution in [0.1, 0.15) is 26.7 Å². The van der Waals surface area contributed by atoms with Gasteiger partial charge in [-0.2, -0.15) is 0 Å². The lowest BCUT2D eigenvalue weighted by Gasteiger charge is -2.29. The molecule has 0 bridgehead atoms. The molecule has 0 aliphatic heterocycles. The van der Waals surface area contributed by atoms with Crippen molar-refractivity contribution in [2.24, 2.45) is 0 Å². The van der Waals surface area contributed by atoms with Crippen molar-refractivity contribution in [1.29, 1.82) is 0 Å². The fraction of sp³-hybridized carbons (Fsp3) is 0.800. The monoisotopic (exact) mass is 250 g/mol. The Morgan fingerprint density at radius 3 is 2.06 bits per heavy atom. The lowest BCUT2D eigenvalue weighted by Crippen LogP contribution is -2.38. The third kappa shape index (κ3) is 6.62. The third-order valence-electron chi connectivity index (χ3n) is 2.41. The van der Waals surface area contributed by atoms with Gasteiger partial charge in [-0.15, -0.1) is 0 Å². The summed E-state index contributed by atoms with van der Waals surface area (Å²) in [4.78, 5) is 20.6. The molecule has 0 amide bonds. The summed E-state index contributed by atoms with van der Waals surface area (Å²) in [5.74, 6) is 0. The number of rotatable bonds is 8. The molecule has 0 unspecified atom stereocenters. The lowest BCUT2D eigenvalue weighted by atomic mass is 9.98. The van der Waals surface area contributed by atoms with E-state index in [2.05, 4.69) is 4.74 Å². The first-order valence-corrected chi connectivity index (χ1v) is 5.31. The van der Waals surface area contributed by atoms with Crippen LogP contribution in [0.2, 0.25) is 0 Å². The molecule has 7 heteroatoms. The van der Waals surface area contributed by atoms with Gasteiger partial charge in [0.1, 0.15) is 12.2 Å². The maximum absolute atomic E-state index is 10.5. The van der Waals surface area contributed by atoms with Gasteiger partial charge in [-0.1, -0.05) is 13.8 Å². The molecular formula is C10H18O7. The van der Waals surface area contributed by atoms with Crippen LogP contribution >= 0.6 is 0 Å². The van der Waals surface area contributed by atoms with Crippen LogP contribution in [0.5, 0.6) is 0 Å². The molecule has 0 radical (unpaired) electrons. The Morgan fingerprint density at radius 1 is 1.06 bits per heavy atom. The van der Waals surface area contributed by atoms with Crippen LogP contribution < -0.4 is 0 Å². The number of hydrogen-bond donors (Lipinski definition) is 2. The predicted molar refractivity (Wildman–Crippen MR) is 57.2 cm³/mol. The molecule has 0 aromatic carbocycles. The van der Waals surface area contributed by atoms with Gasteiger partial charge in [0, 0.05) is 0 Å². The van der Waals surface area contributed by atoms with Crippen LogP contribution in [0.25, 0.3) is 0 Å². The highest BCUT2D eigenvalue weighted by molar-refractivity contribution is 5.57. The van der Waals surface area contributed by atoms with Gasteiger partial charge in [0.2, 0.25) is 0 Å². The summed E-state index contributed by atoms with van der Waals surface area (Å²) >= 11 is 0. The van der Waals surface area contributed by atoms with Crippen LogP contribution in [0.3, 0.4) is 0 Å². The normalized spacial score (nSPS) is 10.9. The Bertz CT molecular complexity index is 247. The SMILES string of the molecule is CCC(CC)(COCCOC(=O)O)OC(=O)O. The van der Waals surface area contributed by atoms with Gasteiger partial charge in [0.05, 0.1) is 13.2 Å². The van der Waals surface area contributed by atoms with Gasteiger partial charge in [-0.3, -0.25) is 0 Å². The Morgan fingerprint density at radius 2 is 1.65 bits per heavy atom. The molecule has 0 aliphatic rings. The first-order chi connectivity index (χ1) is 7.95. The number of ether oxygens (including phenoxy) is 3. The fourth-order valence-electron chi connectivity index (χ4n) is 1.26. The van der Waals surface area contributed by atoms with Gasteiger partial charge in [-0.25, -0.2) is 9.59 Å². The van der Waals surface area contributed by atoms with Crippen LogP contribution in [-0.2, 0) is 14.2 Å². The molecule has 17 heavy (non-hydrogen) atoms. The minimum absolute atomic E-state index is 0.0665. The maximum Gasteiger partial charge on any atom is 0.506 e. The summed E-state index contributed by atoms with van der Waals surface area (Å²) in [7, 11) is 0. The van der Waals surface area contributed by atoms with E-state index in [1.54, 1.807) is 13.8 Å². The zero-order valence-electron chi connectivity index (χ0n) is 9.97. The summed E-state index contributed by atoms with van der Waals surface area (Å²) in [5, 5.41) is 16.8. The molecule has 0 saturated heterocycles. The first kappa shape index (κ1) is 15.5. The molecule has 0 fully saturated rings. The van der Waals surface area contributed by atoms with Gasteiger partial charge in [0.25, 0.3) is 0 Å². The smallest absolute Gasteiger partial charge is 0.450 e. The predicted octanol–water partition coefficient (Wildman–Crippen LogP) is 1.95. The first-order valence-electron chi connectivity index (χ1n) is 5.31. The van der Waals surface area contributed by atoms with Crippen molar-refractivity contribution in [3.05, 3.63) is 0 Å². The van der Waals surface area contributed by atoms with E-state index in [0.29, 0.717) is 12.8 Å². The van der Waals surface area contributed by atoms with Gasteiger partial charge in [-0.05, 0) is 12.8 Å². The van der Waals surface area contributed by atoms with E-state index in [1.165, 1.54) is 0 Å². The summed E-state index contributed by atoms with van der Waals surface area (Å²) in [6.45, 7) is 3.64. The van der Waals surface area contributed by atoms with Crippen molar-refractivity contribution < 1.29 is 34.0 Å². The Hall–Kier alpha value is -1.50. The molecule has 0 spiro atoms. The zero-order valence-corrected chi connectivity index (χ0v) is 9.97. The standard InChI is InChI=1S/C10H18O7/c1-3-10(4-2,17-9(13)14)7-15-5-6-16-8(11)12/h3-7H2,1-2H3,(H,11,12)(H,13,14). The van der Waals surface area contributed by atoms with Crippen LogP contribution in [0, 0.1) is 0 Å². The second kappa shape index (κ2) is 7.72. The largest absolute Gasteiger partial charge is 0.506 e. The second-order valence-electron chi connectivity index (χ2n) is 3.43. The highest BCUT2D eigenvalue weighted by atomic mass is 16.7. The highest BCUT2D eigenvalue weighted by Crippen LogP contribution is 2.21. The number of carboxylic acid groups (broad SMARTS) is 2. The van der Waals surface area contributed by atoms with E-state index >= 15 is 0 Å². The summed E-state index contributed by atoms with van der Waals surface area (Å²) in [5.41, 5.74) is -0.880. The summed E-state index contributed by atoms with van der Waals surface area (Å²) in [6.07, 6.45) is -1.75. The van der Waals surface area contributed by atoms with Gasteiger partial charge >= 0.3 is 12.3 Å². The van der Waals surface area contributed by atoms with Crippen molar-refractivity contribution >= 4 is 12.3 Å². The molecule has 0 rings (SSSR count). The van der Waals surface area contributed by atoms with E-state index in [9.17, 15) is 9.59 Å².